The number of hydrogen-bond acceptors (Lipinski definition) is 2. The van der Waals surface area contributed by atoms with E-state index >= 15 is 0 Å². The average molecular weight is 278 g/mol. The zero-order chi connectivity index (χ0) is 14.7. The molecule has 1 aliphatic carbocycles. The Morgan fingerprint density at radius 3 is 2.67 bits per heavy atom. The first-order valence-corrected chi connectivity index (χ1v) is 7.34. The minimum absolute atomic E-state index is 0.142. The van der Waals surface area contributed by atoms with E-state index in [0.717, 1.165) is 40.9 Å². The Kier molecular flexibility index (Phi) is 3.87. The number of carbonyl (C=O) groups is 1. The molecule has 0 radical (unpaired) electrons. The molecule has 0 bridgehead atoms. The van der Waals surface area contributed by atoms with Crippen LogP contribution in [0, 0.1) is 0 Å². The molecule has 2 aromatic rings. The summed E-state index contributed by atoms with van der Waals surface area (Å²) in [6.07, 6.45) is 3.68. The molecule has 0 aliphatic heterocycles. The minimum atomic E-state index is 0.142. The maximum absolute atomic E-state index is 12.6. The molecular formula is C19H18O2. The second-order valence-corrected chi connectivity index (χ2v) is 5.13. The molecular weight excluding hydrogens is 260 g/mol. The van der Waals surface area contributed by atoms with Gasteiger partial charge in [0, 0.05) is 16.7 Å². The number of Topliss-reactive ketones (excluding diaryl/α,β-unsaturated/α-hetero) is 1. The number of fused-ring (bicyclic) bond motifs is 1. The summed E-state index contributed by atoms with van der Waals surface area (Å²) in [7, 11) is 0. The maximum Gasteiger partial charge on any atom is 0.189 e. The van der Waals surface area contributed by atoms with E-state index in [1.807, 2.05) is 61.5 Å². The summed E-state index contributed by atoms with van der Waals surface area (Å²) in [5.74, 6) is 0.974. The first kappa shape index (κ1) is 13.6. The van der Waals surface area contributed by atoms with E-state index in [0.29, 0.717) is 6.61 Å². The van der Waals surface area contributed by atoms with E-state index in [4.69, 9.17) is 4.74 Å². The van der Waals surface area contributed by atoms with E-state index < -0.39 is 0 Å². The van der Waals surface area contributed by atoms with Gasteiger partial charge in [0.15, 0.2) is 5.78 Å². The molecule has 0 fully saturated rings. The van der Waals surface area contributed by atoms with Crippen molar-refractivity contribution in [1.82, 2.24) is 0 Å². The van der Waals surface area contributed by atoms with Gasteiger partial charge in [-0.25, -0.2) is 0 Å². The van der Waals surface area contributed by atoms with Crippen molar-refractivity contribution in [2.24, 2.45) is 0 Å². The van der Waals surface area contributed by atoms with Gasteiger partial charge < -0.3 is 4.74 Å². The van der Waals surface area contributed by atoms with Crippen molar-refractivity contribution in [1.29, 1.82) is 0 Å². The van der Waals surface area contributed by atoms with Crippen molar-refractivity contribution in [3.8, 4) is 5.75 Å². The summed E-state index contributed by atoms with van der Waals surface area (Å²) >= 11 is 0. The third-order valence-electron chi connectivity index (χ3n) is 3.77. The first-order chi connectivity index (χ1) is 10.3. The minimum Gasteiger partial charge on any atom is -0.493 e. The number of para-hydroxylation sites is 1. The van der Waals surface area contributed by atoms with Gasteiger partial charge in [-0.15, -0.1) is 0 Å². The van der Waals surface area contributed by atoms with Gasteiger partial charge in [0.1, 0.15) is 5.75 Å². The third kappa shape index (κ3) is 2.75. The molecule has 2 aromatic carbocycles. The topological polar surface area (TPSA) is 26.3 Å². The van der Waals surface area contributed by atoms with Crippen LogP contribution in [-0.4, -0.2) is 12.4 Å². The molecule has 0 atom stereocenters. The van der Waals surface area contributed by atoms with Gasteiger partial charge >= 0.3 is 0 Å². The highest BCUT2D eigenvalue weighted by molar-refractivity contribution is 6.13. The lowest BCUT2D eigenvalue weighted by molar-refractivity contribution is 0.102. The molecule has 0 N–H and O–H groups in total. The van der Waals surface area contributed by atoms with Crippen molar-refractivity contribution < 1.29 is 9.53 Å². The van der Waals surface area contributed by atoms with Gasteiger partial charge in [-0.2, -0.15) is 0 Å². The van der Waals surface area contributed by atoms with Crippen LogP contribution in [0.5, 0.6) is 5.75 Å². The molecule has 3 rings (SSSR count). The Hall–Kier alpha value is -2.35. The standard InChI is InChI=1S/C19H18O2/c1-2-21-18-10-6-4-8-15(18)13-16-12-11-14-7-3-5-9-17(14)19(16)20/h3-10,13H,2,11-12H2,1H3/b16-13-. The second-order valence-electron chi connectivity index (χ2n) is 5.13. The van der Waals surface area contributed by atoms with Crippen molar-refractivity contribution in [2.75, 3.05) is 6.61 Å². The highest BCUT2D eigenvalue weighted by Gasteiger charge is 2.21. The molecule has 0 saturated carbocycles. The molecule has 0 heterocycles. The lowest BCUT2D eigenvalue weighted by atomic mass is 9.86. The Labute approximate surface area is 125 Å². The van der Waals surface area contributed by atoms with Crippen molar-refractivity contribution in [2.45, 2.75) is 19.8 Å². The van der Waals surface area contributed by atoms with E-state index in [1.165, 1.54) is 0 Å². The fourth-order valence-electron chi connectivity index (χ4n) is 2.73. The van der Waals surface area contributed by atoms with Crippen LogP contribution in [0.15, 0.2) is 54.1 Å². The number of hydrogen-bond donors (Lipinski definition) is 0. The van der Waals surface area contributed by atoms with Crippen LogP contribution < -0.4 is 4.74 Å². The molecule has 21 heavy (non-hydrogen) atoms. The van der Waals surface area contributed by atoms with E-state index in [1.54, 1.807) is 0 Å². The average Bonchev–Trinajstić information content (AvgIpc) is 2.52. The van der Waals surface area contributed by atoms with Gasteiger partial charge in [0.2, 0.25) is 0 Å². The van der Waals surface area contributed by atoms with Crippen LogP contribution in [0.4, 0.5) is 0 Å². The summed E-state index contributed by atoms with van der Waals surface area (Å²) in [6, 6.07) is 15.7. The molecule has 1 aliphatic rings. The van der Waals surface area contributed by atoms with Crippen molar-refractivity contribution in [3.63, 3.8) is 0 Å². The van der Waals surface area contributed by atoms with Crippen LogP contribution in [0.1, 0.15) is 34.8 Å². The summed E-state index contributed by atoms with van der Waals surface area (Å²) in [6.45, 7) is 2.59. The van der Waals surface area contributed by atoms with Crippen LogP contribution >= 0.6 is 0 Å². The first-order valence-electron chi connectivity index (χ1n) is 7.34. The van der Waals surface area contributed by atoms with Gasteiger partial charge in [0.05, 0.1) is 6.61 Å². The number of allylic oxidation sites excluding steroid dienone is 1. The Bertz CT molecular complexity index is 698. The summed E-state index contributed by atoms with van der Waals surface area (Å²) < 4.78 is 5.63. The molecule has 0 spiro atoms. The molecule has 106 valence electrons. The second kappa shape index (κ2) is 5.96. The zero-order valence-corrected chi connectivity index (χ0v) is 12.1. The van der Waals surface area contributed by atoms with Crippen LogP contribution in [0.3, 0.4) is 0 Å². The largest absolute Gasteiger partial charge is 0.493 e. The lowest BCUT2D eigenvalue weighted by Crippen LogP contribution is -2.13. The van der Waals surface area contributed by atoms with Crippen LogP contribution in [0.25, 0.3) is 6.08 Å². The highest BCUT2D eigenvalue weighted by atomic mass is 16.5. The maximum atomic E-state index is 12.6. The Balaban J connectivity index is 1.97. The summed E-state index contributed by atoms with van der Waals surface area (Å²) in [5.41, 5.74) is 3.82. The van der Waals surface area contributed by atoms with Gasteiger partial charge in [0.25, 0.3) is 0 Å². The molecule has 2 nitrogen and oxygen atoms in total. The number of ketones is 1. The molecule has 0 aromatic heterocycles. The number of aryl methyl sites for hydroxylation is 1. The molecule has 2 heteroatoms. The number of rotatable bonds is 3. The predicted molar refractivity (Wildman–Crippen MR) is 84.7 cm³/mol. The normalized spacial score (nSPS) is 15.9. The third-order valence-corrected chi connectivity index (χ3v) is 3.77. The summed E-state index contributed by atoms with van der Waals surface area (Å²) in [5, 5.41) is 0. The van der Waals surface area contributed by atoms with E-state index in [9.17, 15) is 4.79 Å². The van der Waals surface area contributed by atoms with E-state index in [-0.39, 0.29) is 5.78 Å². The molecule has 0 saturated heterocycles. The number of carbonyl (C=O) groups excluding carboxylic acids is 1. The monoisotopic (exact) mass is 278 g/mol. The van der Waals surface area contributed by atoms with Crippen molar-refractivity contribution >= 4 is 11.9 Å². The van der Waals surface area contributed by atoms with Crippen molar-refractivity contribution in [3.05, 3.63) is 70.8 Å². The van der Waals surface area contributed by atoms with E-state index in [2.05, 4.69) is 0 Å². The predicted octanol–water partition coefficient (Wildman–Crippen LogP) is 4.30. The fraction of sp³-hybridized carbons (Fsp3) is 0.211. The molecule has 0 amide bonds. The lowest BCUT2D eigenvalue weighted by Gasteiger charge is -2.17. The number of benzene rings is 2. The molecule has 0 unspecified atom stereocenters. The fourth-order valence-corrected chi connectivity index (χ4v) is 2.73. The van der Waals surface area contributed by atoms with Crippen LogP contribution in [-0.2, 0) is 6.42 Å². The highest BCUT2D eigenvalue weighted by Crippen LogP contribution is 2.28. The Morgan fingerprint density at radius 2 is 1.81 bits per heavy atom. The SMILES string of the molecule is CCOc1ccccc1/C=C1/CCc2ccccc2C1=O. The van der Waals surface area contributed by atoms with Gasteiger partial charge in [-0.1, -0.05) is 42.5 Å². The Morgan fingerprint density at radius 1 is 1.05 bits per heavy atom. The zero-order valence-electron chi connectivity index (χ0n) is 12.1. The number of ether oxygens (including phenoxy) is 1. The van der Waals surface area contributed by atoms with Crippen LogP contribution in [0.2, 0.25) is 0 Å². The summed E-state index contributed by atoms with van der Waals surface area (Å²) in [4.78, 5) is 12.6. The van der Waals surface area contributed by atoms with Gasteiger partial charge in [-0.05, 0) is 37.5 Å². The smallest absolute Gasteiger partial charge is 0.189 e. The van der Waals surface area contributed by atoms with Gasteiger partial charge in [-0.3, -0.25) is 4.79 Å². The quantitative estimate of drug-likeness (QED) is 0.782.